The molecule has 0 spiro atoms. The van der Waals surface area contributed by atoms with Crippen LogP contribution >= 0.6 is 0 Å². The minimum atomic E-state index is 1.22. The fraction of sp³-hybridized carbons (Fsp3) is 0.667. The van der Waals surface area contributed by atoms with E-state index >= 15 is 0 Å². The Morgan fingerprint density at radius 1 is 0.833 bits per heavy atom. The summed E-state index contributed by atoms with van der Waals surface area (Å²) in [6.45, 7) is 6.83. The van der Waals surface area contributed by atoms with Gasteiger partial charge in [-0.1, -0.05) is 52.2 Å². The van der Waals surface area contributed by atoms with Crippen molar-refractivity contribution in [3.05, 3.63) is 34.9 Å². The van der Waals surface area contributed by atoms with E-state index in [2.05, 4.69) is 39.0 Å². The first kappa shape index (κ1) is 15.3. The summed E-state index contributed by atoms with van der Waals surface area (Å²) in [5.41, 5.74) is 4.72. The lowest BCUT2D eigenvalue weighted by atomic mass is 9.91. The lowest BCUT2D eigenvalue weighted by Gasteiger charge is -2.14. The Labute approximate surface area is 114 Å². The molecule has 0 aliphatic carbocycles. The number of hydrogen-bond donors (Lipinski definition) is 0. The number of aryl methyl sites for hydroxylation is 2. The van der Waals surface area contributed by atoms with Crippen molar-refractivity contribution >= 4 is 0 Å². The van der Waals surface area contributed by atoms with E-state index in [0.29, 0.717) is 0 Å². The fourth-order valence-corrected chi connectivity index (χ4v) is 2.47. The molecular weight excluding hydrogens is 216 g/mol. The molecule has 0 fully saturated rings. The van der Waals surface area contributed by atoms with Gasteiger partial charge in [0.25, 0.3) is 0 Å². The first-order chi connectivity index (χ1) is 8.83. The Hall–Kier alpha value is -0.780. The molecule has 1 aromatic rings. The third kappa shape index (κ3) is 4.84. The summed E-state index contributed by atoms with van der Waals surface area (Å²) in [4.78, 5) is 0. The van der Waals surface area contributed by atoms with Crippen LogP contribution in [0, 0.1) is 6.07 Å². The van der Waals surface area contributed by atoms with E-state index in [1.165, 1.54) is 63.4 Å². The minimum absolute atomic E-state index is 1.22. The minimum Gasteiger partial charge on any atom is -0.0654 e. The van der Waals surface area contributed by atoms with Crippen LogP contribution in [0.5, 0.6) is 0 Å². The van der Waals surface area contributed by atoms with Crippen LogP contribution in [0.4, 0.5) is 0 Å². The van der Waals surface area contributed by atoms with Gasteiger partial charge in [0.2, 0.25) is 0 Å². The van der Waals surface area contributed by atoms with Crippen LogP contribution in [-0.4, -0.2) is 0 Å². The second-order valence-electron chi connectivity index (χ2n) is 5.27. The molecule has 0 amide bonds. The maximum Gasteiger partial charge on any atom is -0.0146 e. The zero-order chi connectivity index (χ0) is 13.2. The number of hydrogen-bond acceptors (Lipinski definition) is 0. The third-order valence-electron chi connectivity index (χ3n) is 3.65. The molecule has 0 bridgehead atoms. The molecule has 18 heavy (non-hydrogen) atoms. The summed E-state index contributed by atoms with van der Waals surface area (Å²) in [6.07, 6.45) is 11.5. The molecule has 0 atom stereocenters. The van der Waals surface area contributed by atoms with Gasteiger partial charge in [0.05, 0.1) is 0 Å². The van der Waals surface area contributed by atoms with Gasteiger partial charge in [-0.25, -0.2) is 0 Å². The number of unbranched alkanes of at least 4 members (excludes halogenated alkanes) is 3. The summed E-state index contributed by atoms with van der Waals surface area (Å²) >= 11 is 0. The van der Waals surface area contributed by atoms with Crippen molar-refractivity contribution in [2.45, 2.75) is 78.6 Å². The molecule has 0 nitrogen and oxygen atoms in total. The maximum atomic E-state index is 3.50. The molecular formula is C18H29. The first-order valence-electron chi connectivity index (χ1n) is 7.84. The predicted molar refractivity (Wildman–Crippen MR) is 81.1 cm³/mol. The molecule has 0 saturated heterocycles. The highest BCUT2D eigenvalue weighted by molar-refractivity contribution is 5.35. The molecule has 1 radical (unpaired) electrons. The molecule has 1 rings (SSSR count). The lowest BCUT2D eigenvalue weighted by molar-refractivity contribution is 0.734. The van der Waals surface area contributed by atoms with Crippen LogP contribution in [0.25, 0.3) is 0 Å². The average molecular weight is 245 g/mol. The highest BCUT2D eigenvalue weighted by atomic mass is 14.1. The van der Waals surface area contributed by atoms with Crippen LogP contribution in [-0.2, 0) is 19.3 Å². The molecule has 1 aromatic carbocycles. The van der Waals surface area contributed by atoms with Gasteiger partial charge in [-0.15, -0.1) is 0 Å². The highest BCUT2D eigenvalue weighted by Gasteiger charge is 2.07. The zero-order valence-corrected chi connectivity index (χ0v) is 12.5. The van der Waals surface area contributed by atoms with Gasteiger partial charge < -0.3 is 0 Å². The number of rotatable bonds is 9. The van der Waals surface area contributed by atoms with Gasteiger partial charge in [0.15, 0.2) is 0 Å². The molecule has 0 aliphatic heterocycles. The Morgan fingerprint density at radius 3 is 2.11 bits per heavy atom. The molecule has 0 saturated carbocycles. The average Bonchev–Trinajstić information content (AvgIpc) is 2.41. The van der Waals surface area contributed by atoms with Crippen LogP contribution in [0.15, 0.2) is 12.1 Å². The Bertz CT molecular complexity index is 299. The maximum absolute atomic E-state index is 3.50. The first-order valence-corrected chi connectivity index (χ1v) is 7.84. The summed E-state index contributed by atoms with van der Waals surface area (Å²) in [7, 11) is 0. The van der Waals surface area contributed by atoms with Crippen LogP contribution in [0.1, 0.15) is 76.0 Å². The molecule has 0 heterocycles. The normalized spacial score (nSPS) is 10.8. The second-order valence-corrected chi connectivity index (χ2v) is 5.27. The van der Waals surface area contributed by atoms with E-state index in [-0.39, 0.29) is 0 Å². The van der Waals surface area contributed by atoms with Crippen molar-refractivity contribution < 1.29 is 0 Å². The quantitative estimate of drug-likeness (QED) is 0.538. The SMILES string of the molecule is CCCCc1[c]ccc(CCCC)c1CCCC. The monoisotopic (exact) mass is 245 g/mol. The number of benzene rings is 1. The molecule has 0 heteroatoms. The molecule has 101 valence electrons. The van der Waals surface area contributed by atoms with Crippen LogP contribution in [0.2, 0.25) is 0 Å². The van der Waals surface area contributed by atoms with E-state index in [4.69, 9.17) is 0 Å². The molecule has 0 aromatic heterocycles. The summed E-state index contributed by atoms with van der Waals surface area (Å²) in [6, 6.07) is 7.94. The second kappa shape index (κ2) is 9.19. The summed E-state index contributed by atoms with van der Waals surface area (Å²) in [5.74, 6) is 0. The smallest absolute Gasteiger partial charge is 0.0146 e. The van der Waals surface area contributed by atoms with Gasteiger partial charge in [-0.05, 0) is 61.3 Å². The summed E-state index contributed by atoms with van der Waals surface area (Å²) in [5, 5.41) is 0. The van der Waals surface area contributed by atoms with Crippen LogP contribution in [0.3, 0.4) is 0 Å². The highest BCUT2D eigenvalue weighted by Crippen LogP contribution is 2.21. The van der Waals surface area contributed by atoms with Gasteiger partial charge in [-0.2, -0.15) is 0 Å². The Morgan fingerprint density at radius 2 is 1.44 bits per heavy atom. The van der Waals surface area contributed by atoms with Crippen molar-refractivity contribution in [3.63, 3.8) is 0 Å². The van der Waals surface area contributed by atoms with Gasteiger partial charge in [-0.3, -0.25) is 0 Å². The predicted octanol–water partition coefficient (Wildman–Crippen LogP) is 5.51. The lowest BCUT2D eigenvalue weighted by Crippen LogP contribution is -2.01. The van der Waals surface area contributed by atoms with Gasteiger partial charge in [0, 0.05) is 0 Å². The molecule has 0 aliphatic rings. The summed E-state index contributed by atoms with van der Waals surface area (Å²) < 4.78 is 0. The van der Waals surface area contributed by atoms with E-state index in [1.54, 1.807) is 11.1 Å². The van der Waals surface area contributed by atoms with Crippen molar-refractivity contribution in [2.24, 2.45) is 0 Å². The standard InChI is InChI=1S/C18H29/c1-4-7-11-16-13-10-14-17(12-8-5-2)18(16)15-9-6-3/h10,13H,4-9,11-12,15H2,1-3H3. The van der Waals surface area contributed by atoms with Gasteiger partial charge >= 0.3 is 0 Å². The zero-order valence-electron chi connectivity index (χ0n) is 12.5. The Balaban J connectivity index is 2.85. The van der Waals surface area contributed by atoms with Crippen molar-refractivity contribution in [2.75, 3.05) is 0 Å². The van der Waals surface area contributed by atoms with E-state index in [1.807, 2.05) is 0 Å². The third-order valence-corrected chi connectivity index (χ3v) is 3.65. The fourth-order valence-electron chi connectivity index (χ4n) is 2.47. The van der Waals surface area contributed by atoms with E-state index < -0.39 is 0 Å². The van der Waals surface area contributed by atoms with E-state index in [0.717, 1.165) is 0 Å². The topological polar surface area (TPSA) is 0 Å². The molecule has 0 N–H and O–H groups in total. The Kier molecular flexibility index (Phi) is 7.80. The van der Waals surface area contributed by atoms with Crippen LogP contribution < -0.4 is 0 Å². The van der Waals surface area contributed by atoms with Crippen molar-refractivity contribution in [1.82, 2.24) is 0 Å². The van der Waals surface area contributed by atoms with E-state index in [9.17, 15) is 0 Å². The largest absolute Gasteiger partial charge is 0.0654 e. The van der Waals surface area contributed by atoms with Crippen molar-refractivity contribution in [3.8, 4) is 0 Å². The van der Waals surface area contributed by atoms with Gasteiger partial charge in [0.1, 0.15) is 0 Å². The molecule has 0 unspecified atom stereocenters. The van der Waals surface area contributed by atoms with Crippen molar-refractivity contribution in [1.29, 1.82) is 0 Å².